The van der Waals surface area contributed by atoms with Gasteiger partial charge in [0.15, 0.2) is 0 Å². The summed E-state index contributed by atoms with van der Waals surface area (Å²) in [5, 5.41) is 6.04. The molecule has 11 heteroatoms. The molecule has 0 spiro atoms. The van der Waals surface area contributed by atoms with Crippen molar-refractivity contribution in [3.63, 3.8) is 0 Å². The van der Waals surface area contributed by atoms with E-state index in [9.17, 15) is 18.0 Å². The summed E-state index contributed by atoms with van der Waals surface area (Å²) in [6.45, 7) is 2.89. The highest BCUT2D eigenvalue weighted by Gasteiger charge is 2.36. The Kier molecular flexibility index (Phi) is 9.32. The third-order valence-electron chi connectivity index (χ3n) is 7.90. The number of likely N-dealkylation sites (tertiary alicyclic amines) is 1. The zero-order valence-electron chi connectivity index (χ0n) is 23.3. The van der Waals surface area contributed by atoms with Crippen molar-refractivity contribution in [2.75, 3.05) is 58.5 Å². The lowest BCUT2D eigenvalue weighted by molar-refractivity contribution is -0.137. The maximum absolute atomic E-state index is 13.7. The number of hydrogen-bond donors (Lipinski definition) is 2. The molecule has 8 nitrogen and oxygen atoms in total. The predicted molar refractivity (Wildman–Crippen MR) is 147 cm³/mol. The fraction of sp³-hybridized carbons (Fsp3) is 0.607. The highest BCUT2D eigenvalue weighted by atomic mass is 19.4. The van der Waals surface area contributed by atoms with E-state index in [4.69, 9.17) is 0 Å². The van der Waals surface area contributed by atoms with Crippen LogP contribution in [-0.2, 0) is 6.18 Å². The molecule has 2 heterocycles. The van der Waals surface area contributed by atoms with E-state index in [2.05, 4.69) is 37.4 Å². The van der Waals surface area contributed by atoms with Gasteiger partial charge in [-0.2, -0.15) is 18.2 Å². The van der Waals surface area contributed by atoms with Gasteiger partial charge < -0.3 is 25.3 Å². The molecule has 39 heavy (non-hydrogen) atoms. The summed E-state index contributed by atoms with van der Waals surface area (Å²) >= 11 is 0. The molecule has 0 radical (unpaired) electrons. The van der Waals surface area contributed by atoms with Crippen LogP contribution in [-0.4, -0.2) is 90.5 Å². The lowest BCUT2D eigenvalue weighted by atomic mass is 10.0. The van der Waals surface area contributed by atoms with Crippen LogP contribution in [0.3, 0.4) is 0 Å². The number of amides is 1. The molecule has 1 saturated heterocycles. The van der Waals surface area contributed by atoms with Crippen LogP contribution in [0.5, 0.6) is 0 Å². The van der Waals surface area contributed by atoms with Crippen molar-refractivity contribution in [1.29, 1.82) is 0 Å². The highest BCUT2D eigenvalue weighted by molar-refractivity contribution is 5.94. The molecule has 2 N–H and O–H groups in total. The minimum Gasteiger partial charge on any atom is -0.367 e. The lowest BCUT2D eigenvalue weighted by Crippen LogP contribution is -2.44. The summed E-state index contributed by atoms with van der Waals surface area (Å²) in [5.41, 5.74) is 0.272. The Hall–Kier alpha value is -2.92. The van der Waals surface area contributed by atoms with Crippen molar-refractivity contribution >= 4 is 23.4 Å². The van der Waals surface area contributed by atoms with E-state index >= 15 is 0 Å². The van der Waals surface area contributed by atoms with Crippen LogP contribution >= 0.6 is 0 Å². The number of rotatable bonds is 9. The first-order chi connectivity index (χ1) is 18.5. The largest absolute Gasteiger partial charge is 0.421 e. The van der Waals surface area contributed by atoms with Gasteiger partial charge in [-0.05, 0) is 109 Å². The second-order valence-electron chi connectivity index (χ2n) is 11.2. The second kappa shape index (κ2) is 12.5. The Morgan fingerprint density at radius 3 is 2.41 bits per heavy atom. The molecule has 0 bridgehead atoms. The van der Waals surface area contributed by atoms with Crippen molar-refractivity contribution in [3.8, 4) is 0 Å². The first-order valence-electron chi connectivity index (χ1n) is 13.7. The molecule has 2 aromatic rings. The van der Waals surface area contributed by atoms with Gasteiger partial charge in [-0.3, -0.25) is 4.79 Å². The minimum atomic E-state index is -4.56. The van der Waals surface area contributed by atoms with Crippen molar-refractivity contribution in [2.24, 2.45) is 5.92 Å². The van der Waals surface area contributed by atoms with E-state index in [0.29, 0.717) is 17.2 Å². The molecule has 1 saturated carbocycles. The molecule has 1 aliphatic carbocycles. The molecular formula is C28H40F3N7O. The van der Waals surface area contributed by atoms with Gasteiger partial charge in [0.2, 0.25) is 5.95 Å². The maximum Gasteiger partial charge on any atom is 0.421 e. The number of hydrogen-bond acceptors (Lipinski definition) is 7. The number of nitrogens with one attached hydrogen (secondary N) is 2. The number of piperidine rings is 1. The number of aromatic nitrogens is 2. The molecule has 1 amide bonds. The van der Waals surface area contributed by atoms with Gasteiger partial charge in [-0.25, -0.2) is 4.98 Å². The number of carbonyl (C=O) groups is 1. The van der Waals surface area contributed by atoms with Crippen LogP contribution in [0.25, 0.3) is 0 Å². The van der Waals surface area contributed by atoms with Gasteiger partial charge in [0, 0.05) is 36.6 Å². The smallest absolute Gasteiger partial charge is 0.367 e. The van der Waals surface area contributed by atoms with E-state index < -0.39 is 11.7 Å². The topological polar surface area (TPSA) is 76.6 Å². The molecule has 214 valence electrons. The number of alkyl halides is 3. The fourth-order valence-electron chi connectivity index (χ4n) is 5.44. The van der Waals surface area contributed by atoms with E-state index in [-0.39, 0.29) is 29.8 Å². The van der Waals surface area contributed by atoms with Crippen molar-refractivity contribution < 1.29 is 18.0 Å². The SMILES string of the molecule is CN(C)CCC1CCC(Nc2nc(Nc3ccc(C(=O)N(C)C4CCN(C)CC4)cc3)ncc2C(F)(F)F)C1. The Bertz CT molecular complexity index is 1100. The van der Waals surface area contributed by atoms with Gasteiger partial charge in [0.25, 0.3) is 5.91 Å². The summed E-state index contributed by atoms with van der Waals surface area (Å²) in [4.78, 5) is 27.3. The second-order valence-corrected chi connectivity index (χ2v) is 11.2. The van der Waals surface area contributed by atoms with E-state index in [0.717, 1.165) is 64.4 Å². The van der Waals surface area contributed by atoms with E-state index in [1.807, 2.05) is 21.1 Å². The minimum absolute atomic E-state index is 0.0474. The molecule has 1 aliphatic heterocycles. The number of carbonyl (C=O) groups excluding carboxylic acids is 1. The number of halogens is 3. The Morgan fingerprint density at radius 2 is 1.77 bits per heavy atom. The highest BCUT2D eigenvalue weighted by Crippen LogP contribution is 2.37. The summed E-state index contributed by atoms with van der Waals surface area (Å²) in [7, 11) is 7.97. The molecular weight excluding hydrogens is 507 g/mol. The standard InChI is InChI=1S/C28H40F3N7O/c1-36(2)14-11-19-5-8-22(17-19)33-25-24(28(29,30)31)18-32-27(35-25)34-21-9-6-20(7-10-21)26(39)38(4)23-12-15-37(3)16-13-23/h6-7,9-10,18-19,22-23H,5,8,11-17H2,1-4H3,(H2,32,33,34,35). The zero-order chi connectivity index (χ0) is 28.2. The third kappa shape index (κ3) is 7.82. The van der Waals surface area contributed by atoms with Gasteiger partial charge in [-0.1, -0.05) is 0 Å². The molecule has 2 fully saturated rings. The van der Waals surface area contributed by atoms with E-state index in [1.54, 1.807) is 29.2 Å². The Balaban J connectivity index is 1.41. The van der Waals surface area contributed by atoms with Crippen LogP contribution in [0, 0.1) is 5.92 Å². The average Bonchev–Trinajstić information content (AvgIpc) is 3.34. The monoisotopic (exact) mass is 547 g/mol. The Morgan fingerprint density at radius 1 is 1.08 bits per heavy atom. The fourth-order valence-corrected chi connectivity index (χ4v) is 5.44. The lowest BCUT2D eigenvalue weighted by Gasteiger charge is -2.35. The first kappa shape index (κ1) is 29.1. The first-order valence-corrected chi connectivity index (χ1v) is 13.7. The Labute approximate surface area is 229 Å². The number of nitrogens with zero attached hydrogens (tertiary/aromatic N) is 5. The predicted octanol–water partition coefficient (Wildman–Crippen LogP) is 4.94. The molecule has 2 atom stereocenters. The quantitative estimate of drug-likeness (QED) is 0.461. The maximum atomic E-state index is 13.7. The average molecular weight is 548 g/mol. The van der Waals surface area contributed by atoms with Crippen LogP contribution in [0.1, 0.15) is 54.4 Å². The zero-order valence-corrected chi connectivity index (χ0v) is 23.3. The van der Waals surface area contributed by atoms with Gasteiger partial charge in [0.05, 0.1) is 0 Å². The van der Waals surface area contributed by atoms with Crippen LogP contribution < -0.4 is 10.6 Å². The molecule has 2 unspecified atom stereocenters. The van der Waals surface area contributed by atoms with Crippen LogP contribution in [0.4, 0.5) is 30.6 Å². The molecule has 1 aromatic carbocycles. The van der Waals surface area contributed by atoms with Crippen molar-refractivity contribution in [2.45, 2.75) is 56.8 Å². The molecule has 1 aromatic heterocycles. The normalized spacial score (nSPS) is 20.8. The van der Waals surface area contributed by atoms with Gasteiger partial charge >= 0.3 is 6.18 Å². The van der Waals surface area contributed by atoms with Crippen LogP contribution in [0.2, 0.25) is 0 Å². The number of benzene rings is 1. The molecule has 2 aliphatic rings. The van der Waals surface area contributed by atoms with Crippen molar-refractivity contribution in [1.82, 2.24) is 24.7 Å². The van der Waals surface area contributed by atoms with Crippen LogP contribution in [0.15, 0.2) is 30.5 Å². The summed E-state index contributed by atoms with van der Waals surface area (Å²) in [5.74, 6) is 0.298. The van der Waals surface area contributed by atoms with E-state index in [1.165, 1.54) is 0 Å². The summed E-state index contributed by atoms with van der Waals surface area (Å²) in [6.07, 6.45) is 1.79. The van der Waals surface area contributed by atoms with Gasteiger partial charge in [-0.15, -0.1) is 0 Å². The molecule has 4 rings (SSSR count). The summed E-state index contributed by atoms with van der Waals surface area (Å²) in [6, 6.07) is 7.01. The number of anilines is 3. The summed E-state index contributed by atoms with van der Waals surface area (Å²) < 4.78 is 41.2. The van der Waals surface area contributed by atoms with Gasteiger partial charge in [0.1, 0.15) is 11.4 Å². The van der Waals surface area contributed by atoms with Crippen molar-refractivity contribution in [3.05, 3.63) is 41.6 Å². The third-order valence-corrected chi connectivity index (χ3v) is 7.90.